The van der Waals surface area contributed by atoms with Crippen molar-refractivity contribution in [2.75, 3.05) is 39.3 Å². The third-order valence-electron chi connectivity index (χ3n) is 5.39. The second-order valence-corrected chi connectivity index (χ2v) is 6.69. The summed E-state index contributed by atoms with van der Waals surface area (Å²) in [6, 6.07) is 0.611. The fourth-order valence-electron chi connectivity index (χ4n) is 4.22. The summed E-state index contributed by atoms with van der Waals surface area (Å²) in [4.78, 5) is 16.8. The Morgan fingerprint density at radius 2 is 1.68 bits per heavy atom. The van der Waals surface area contributed by atoms with Crippen LogP contribution in [0.1, 0.15) is 44.9 Å². The summed E-state index contributed by atoms with van der Waals surface area (Å²) >= 11 is 0. The molecular weight excluding hydrogens is 321 g/mol. The lowest BCUT2D eigenvalue weighted by Crippen LogP contribution is -2.55. The van der Waals surface area contributed by atoms with Crippen LogP contribution in [0, 0.1) is 5.92 Å². The predicted molar refractivity (Wildman–Crippen MR) is 95.1 cm³/mol. The molecular formula is C16H31Cl2N3O. The molecule has 1 atom stereocenters. The van der Waals surface area contributed by atoms with Crippen LogP contribution in [0.5, 0.6) is 0 Å². The minimum Gasteiger partial charge on any atom is -0.341 e. The monoisotopic (exact) mass is 351 g/mol. The van der Waals surface area contributed by atoms with Crippen molar-refractivity contribution in [3.8, 4) is 0 Å². The van der Waals surface area contributed by atoms with Crippen molar-refractivity contribution in [2.24, 2.45) is 5.92 Å². The molecule has 22 heavy (non-hydrogen) atoms. The molecule has 4 nitrogen and oxygen atoms in total. The van der Waals surface area contributed by atoms with Gasteiger partial charge in [0.05, 0.1) is 0 Å². The van der Waals surface area contributed by atoms with E-state index in [-0.39, 0.29) is 24.8 Å². The van der Waals surface area contributed by atoms with Crippen LogP contribution >= 0.6 is 24.8 Å². The van der Waals surface area contributed by atoms with Crippen LogP contribution in [0.2, 0.25) is 0 Å². The van der Waals surface area contributed by atoms with Gasteiger partial charge in [0.25, 0.3) is 0 Å². The summed E-state index contributed by atoms with van der Waals surface area (Å²) in [6.45, 7) is 6.51. The van der Waals surface area contributed by atoms with Gasteiger partial charge in [-0.25, -0.2) is 0 Å². The van der Waals surface area contributed by atoms with Gasteiger partial charge in [-0.2, -0.15) is 0 Å². The number of nitrogens with one attached hydrogen (secondary N) is 1. The Morgan fingerprint density at radius 1 is 1.00 bits per heavy atom. The average Bonchev–Trinajstić information content (AvgIpc) is 2.92. The van der Waals surface area contributed by atoms with Crippen LogP contribution in [-0.4, -0.2) is 61.0 Å². The molecule has 1 unspecified atom stereocenters. The first-order valence-electron chi connectivity index (χ1n) is 8.57. The molecule has 0 spiro atoms. The smallest absolute Gasteiger partial charge is 0.222 e. The molecule has 1 aliphatic carbocycles. The van der Waals surface area contributed by atoms with Gasteiger partial charge < -0.3 is 10.2 Å². The molecule has 1 saturated carbocycles. The zero-order chi connectivity index (χ0) is 13.8. The lowest BCUT2D eigenvalue weighted by atomic mass is 9.82. The Hall–Kier alpha value is -0.0300. The predicted octanol–water partition coefficient (Wildman–Crippen LogP) is 2.31. The molecule has 3 fully saturated rings. The molecule has 0 bridgehead atoms. The van der Waals surface area contributed by atoms with E-state index in [1.54, 1.807) is 0 Å². The minimum atomic E-state index is 0. The van der Waals surface area contributed by atoms with Crippen LogP contribution in [0.3, 0.4) is 0 Å². The maximum Gasteiger partial charge on any atom is 0.222 e. The van der Waals surface area contributed by atoms with E-state index in [9.17, 15) is 4.79 Å². The fourth-order valence-corrected chi connectivity index (χ4v) is 4.22. The van der Waals surface area contributed by atoms with Gasteiger partial charge >= 0.3 is 0 Å². The molecule has 0 aromatic rings. The van der Waals surface area contributed by atoms with E-state index in [4.69, 9.17) is 0 Å². The standard InChI is InChI=1S/C16H29N3O.2ClH/c20-16-7-4-10-19(16)13-15(14-5-2-1-3-6-14)18-11-8-17-9-12-18;;/h14-15,17H,1-13H2;2*1H. The molecule has 0 aromatic carbocycles. The molecule has 3 rings (SSSR count). The fraction of sp³-hybridized carbons (Fsp3) is 0.938. The third-order valence-corrected chi connectivity index (χ3v) is 5.39. The summed E-state index contributed by atoms with van der Waals surface area (Å²) in [5.74, 6) is 1.20. The van der Waals surface area contributed by atoms with Crippen molar-refractivity contribution >= 4 is 30.7 Å². The zero-order valence-corrected chi connectivity index (χ0v) is 15.1. The number of hydrogen-bond acceptors (Lipinski definition) is 3. The average molecular weight is 352 g/mol. The Morgan fingerprint density at radius 3 is 2.27 bits per heavy atom. The number of carbonyl (C=O) groups is 1. The van der Waals surface area contributed by atoms with Crippen molar-refractivity contribution in [2.45, 2.75) is 51.0 Å². The van der Waals surface area contributed by atoms with Crippen LogP contribution in [0.15, 0.2) is 0 Å². The Balaban J connectivity index is 0.00000121. The van der Waals surface area contributed by atoms with Crippen molar-refractivity contribution in [3.63, 3.8) is 0 Å². The molecule has 130 valence electrons. The highest BCUT2D eigenvalue weighted by Gasteiger charge is 2.33. The number of halogens is 2. The first-order valence-corrected chi connectivity index (χ1v) is 8.57. The zero-order valence-electron chi connectivity index (χ0n) is 13.5. The number of carbonyl (C=O) groups excluding carboxylic acids is 1. The van der Waals surface area contributed by atoms with Gasteiger partial charge in [-0.15, -0.1) is 24.8 Å². The number of piperazine rings is 1. The van der Waals surface area contributed by atoms with E-state index in [0.29, 0.717) is 11.9 Å². The number of rotatable bonds is 4. The van der Waals surface area contributed by atoms with Gasteiger partial charge in [-0.1, -0.05) is 19.3 Å². The summed E-state index contributed by atoms with van der Waals surface area (Å²) in [5.41, 5.74) is 0. The molecule has 0 radical (unpaired) electrons. The summed E-state index contributed by atoms with van der Waals surface area (Å²) in [7, 11) is 0. The largest absolute Gasteiger partial charge is 0.341 e. The molecule has 2 aliphatic heterocycles. The summed E-state index contributed by atoms with van der Waals surface area (Å²) in [5, 5.41) is 3.45. The molecule has 2 heterocycles. The molecule has 0 aromatic heterocycles. The Labute approximate surface area is 147 Å². The SMILES string of the molecule is Cl.Cl.O=C1CCCN1CC(C1CCCCC1)N1CCNCC1. The van der Waals surface area contributed by atoms with E-state index >= 15 is 0 Å². The van der Waals surface area contributed by atoms with Crippen molar-refractivity contribution in [3.05, 3.63) is 0 Å². The van der Waals surface area contributed by atoms with E-state index in [2.05, 4.69) is 15.1 Å². The highest BCUT2D eigenvalue weighted by Crippen LogP contribution is 2.30. The van der Waals surface area contributed by atoms with E-state index in [0.717, 1.165) is 58.0 Å². The van der Waals surface area contributed by atoms with Crippen LogP contribution in [0.25, 0.3) is 0 Å². The maximum atomic E-state index is 12.0. The van der Waals surface area contributed by atoms with Gasteiger partial charge in [-0.05, 0) is 25.2 Å². The first-order chi connectivity index (χ1) is 9.84. The Bertz CT molecular complexity index is 313. The summed E-state index contributed by atoms with van der Waals surface area (Å²) in [6.07, 6.45) is 8.78. The maximum absolute atomic E-state index is 12.0. The normalized spacial score (nSPS) is 25.5. The van der Waals surface area contributed by atoms with Gasteiger partial charge in [0.2, 0.25) is 5.91 Å². The highest BCUT2D eigenvalue weighted by molar-refractivity contribution is 5.85. The number of amides is 1. The van der Waals surface area contributed by atoms with Gasteiger partial charge in [0.15, 0.2) is 0 Å². The minimum absolute atomic E-state index is 0. The molecule has 6 heteroatoms. The second kappa shape index (κ2) is 9.96. The number of hydrogen-bond donors (Lipinski definition) is 1. The third kappa shape index (κ3) is 4.98. The quantitative estimate of drug-likeness (QED) is 0.843. The van der Waals surface area contributed by atoms with E-state index in [1.807, 2.05) is 0 Å². The van der Waals surface area contributed by atoms with Crippen LogP contribution in [0.4, 0.5) is 0 Å². The lowest BCUT2D eigenvalue weighted by Gasteiger charge is -2.42. The molecule has 1 N–H and O–H groups in total. The lowest BCUT2D eigenvalue weighted by molar-refractivity contribution is -0.128. The molecule has 3 aliphatic rings. The van der Waals surface area contributed by atoms with Gasteiger partial charge in [0.1, 0.15) is 0 Å². The van der Waals surface area contributed by atoms with Crippen LogP contribution in [-0.2, 0) is 4.79 Å². The van der Waals surface area contributed by atoms with E-state index in [1.165, 1.54) is 32.1 Å². The van der Waals surface area contributed by atoms with Crippen molar-refractivity contribution < 1.29 is 4.79 Å². The molecule has 2 saturated heterocycles. The van der Waals surface area contributed by atoms with Crippen molar-refractivity contribution in [1.82, 2.24) is 15.1 Å². The number of nitrogens with zero attached hydrogens (tertiary/aromatic N) is 2. The van der Waals surface area contributed by atoms with E-state index < -0.39 is 0 Å². The molecule has 1 amide bonds. The second-order valence-electron chi connectivity index (χ2n) is 6.69. The summed E-state index contributed by atoms with van der Waals surface area (Å²) < 4.78 is 0. The number of likely N-dealkylation sites (tertiary alicyclic amines) is 1. The van der Waals surface area contributed by atoms with Gasteiger partial charge in [0, 0.05) is 51.7 Å². The Kier molecular flexibility index (Phi) is 9.07. The first kappa shape index (κ1) is 20.0. The highest BCUT2D eigenvalue weighted by atomic mass is 35.5. The van der Waals surface area contributed by atoms with Gasteiger partial charge in [-0.3, -0.25) is 9.69 Å². The van der Waals surface area contributed by atoms with Crippen LogP contribution < -0.4 is 5.32 Å². The van der Waals surface area contributed by atoms with Crippen molar-refractivity contribution in [1.29, 1.82) is 0 Å². The topological polar surface area (TPSA) is 35.6 Å².